The Morgan fingerprint density at radius 2 is 1.96 bits per heavy atom. The predicted octanol–water partition coefficient (Wildman–Crippen LogP) is 4.38. The van der Waals surface area contributed by atoms with Gasteiger partial charge in [-0.15, -0.1) is 0 Å². The summed E-state index contributed by atoms with van der Waals surface area (Å²) in [4.78, 5) is 9.75. The smallest absolute Gasteiger partial charge is 0.142 e. The van der Waals surface area contributed by atoms with Gasteiger partial charge >= 0.3 is 0 Å². The van der Waals surface area contributed by atoms with Crippen molar-refractivity contribution in [3.63, 3.8) is 0 Å². The van der Waals surface area contributed by atoms with E-state index in [1.54, 1.807) is 6.20 Å². The molecule has 1 N–H and O–H groups in total. The van der Waals surface area contributed by atoms with Crippen LogP contribution >= 0.6 is 0 Å². The summed E-state index contributed by atoms with van der Waals surface area (Å²) in [5.41, 5.74) is 5.64. The molecule has 3 nitrogen and oxygen atoms in total. The Balaban J connectivity index is 0.000000753. The van der Waals surface area contributed by atoms with Gasteiger partial charge in [-0.3, -0.25) is 4.98 Å². The second kappa shape index (κ2) is 6.50. The van der Waals surface area contributed by atoms with Gasteiger partial charge in [-0.2, -0.15) is 0 Å². The number of pyridine rings is 1. The first-order valence-electron chi connectivity index (χ1n) is 8.13. The van der Waals surface area contributed by atoms with Crippen LogP contribution in [0.4, 0.5) is 4.39 Å². The van der Waals surface area contributed by atoms with Gasteiger partial charge in [-0.05, 0) is 36.7 Å². The van der Waals surface area contributed by atoms with Gasteiger partial charge in [0.2, 0.25) is 0 Å². The average molecular weight is 311 g/mol. The molecule has 0 fully saturated rings. The first kappa shape index (κ1) is 15.7. The largest absolute Gasteiger partial charge is 0.357 e. The van der Waals surface area contributed by atoms with Gasteiger partial charge in [0.1, 0.15) is 5.82 Å². The molecule has 120 valence electrons. The zero-order valence-corrected chi connectivity index (χ0v) is 13.9. The first-order chi connectivity index (χ1) is 11.2. The molecule has 23 heavy (non-hydrogen) atoms. The van der Waals surface area contributed by atoms with E-state index in [2.05, 4.69) is 34.0 Å². The Kier molecular flexibility index (Phi) is 4.44. The molecular weight excluding hydrogens is 289 g/mol. The highest BCUT2D eigenvalue weighted by Crippen LogP contribution is 2.30. The van der Waals surface area contributed by atoms with Gasteiger partial charge in [0, 0.05) is 41.4 Å². The molecule has 0 spiro atoms. The van der Waals surface area contributed by atoms with Crippen LogP contribution < -0.4 is 0 Å². The summed E-state index contributed by atoms with van der Waals surface area (Å²) in [5, 5.41) is 1.28. The lowest BCUT2D eigenvalue weighted by Gasteiger charge is -2.22. The molecule has 1 aliphatic heterocycles. The van der Waals surface area contributed by atoms with Crippen molar-refractivity contribution in [3.05, 3.63) is 53.7 Å². The number of hydrogen-bond acceptors (Lipinski definition) is 2. The SMILES string of the molecule is CC.CN1CCc2c([nH]c3cc(-c4cncc(F)c4)ccc23)C1. The number of fused-ring (bicyclic) bond motifs is 3. The van der Waals surface area contributed by atoms with E-state index in [4.69, 9.17) is 0 Å². The lowest BCUT2D eigenvalue weighted by molar-refractivity contribution is 0.310. The molecule has 0 saturated heterocycles. The Labute approximate surface area is 136 Å². The number of benzene rings is 1. The van der Waals surface area contributed by atoms with Crippen LogP contribution in [0.1, 0.15) is 25.1 Å². The summed E-state index contributed by atoms with van der Waals surface area (Å²) < 4.78 is 13.3. The van der Waals surface area contributed by atoms with E-state index in [1.807, 2.05) is 19.9 Å². The van der Waals surface area contributed by atoms with Crippen LogP contribution in [0.2, 0.25) is 0 Å². The molecule has 2 aromatic heterocycles. The standard InChI is InChI=1S/C17H16FN3.C2H6/c1-21-5-4-15-14-3-2-11(7-16(14)20-17(15)10-21)12-6-13(18)9-19-8-12;1-2/h2-3,6-9,20H,4-5,10H2,1H3;1-2H3. The Morgan fingerprint density at radius 3 is 2.74 bits per heavy atom. The molecule has 1 aromatic carbocycles. The number of likely N-dealkylation sites (N-methyl/N-ethyl adjacent to an activating group) is 1. The molecule has 4 heteroatoms. The summed E-state index contributed by atoms with van der Waals surface area (Å²) in [6.45, 7) is 6.05. The van der Waals surface area contributed by atoms with Crippen molar-refractivity contribution >= 4 is 10.9 Å². The molecule has 0 aliphatic carbocycles. The lowest BCUT2D eigenvalue weighted by Crippen LogP contribution is -2.26. The maximum Gasteiger partial charge on any atom is 0.142 e. The highest BCUT2D eigenvalue weighted by Gasteiger charge is 2.18. The van der Waals surface area contributed by atoms with Gasteiger partial charge in [0.15, 0.2) is 0 Å². The van der Waals surface area contributed by atoms with Gasteiger partial charge in [-0.25, -0.2) is 4.39 Å². The summed E-state index contributed by atoms with van der Waals surface area (Å²) in [6, 6.07) is 7.79. The van der Waals surface area contributed by atoms with Gasteiger partial charge in [0.05, 0.1) is 6.20 Å². The van der Waals surface area contributed by atoms with Crippen molar-refractivity contribution in [2.24, 2.45) is 0 Å². The summed E-state index contributed by atoms with van der Waals surface area (Å²) >= 11 is 0. The topological polar surface area (TPSA) is 31.9 Å². The highest BCUT2D eigenvalue weighted by atomic mass is 19.1. The van der Waals surface area contributed by atoms with Crippen LogP contribution in [-0.4, -0.2) is 28.5 Å². The van der Waals surface area contributed by atoms with Crippen molar-refractivity contribution in [2.45, 2.75) is 26.8 Å². The molecule has 1 aliphatic rings. The van der Waals surface area contributed by atoms with Gasteiger partial charge in [-0.1, -0.05) is 26.0 Å². The fraction of sp³-hybridized carbons (Fsp3) is 0.316. The van der Waals surface area contributed by atoms with E-state index in [-0.39, 0.29) is 5.82 Å². The third-order valence-corrected chi connectivity index (χ3v) is 4.20. The maximum atomic E-state index is 13.3. The number of nitrogens with one attached hydrogen (secondary N) is 1. The number of halogens is 1. The van der Waals surface area contributed by atoms with Crippen LogP contribution in [0.5, 0.6) is 0 Å². The second-order valence-corrected chi connectivity index (χ2v) is 5.72. The number of nitrogens with zero attached hydrogens (tertiary/aromatic N) is 2. The highest BCUT2D eigenvalue weighted by molar-refractivity contribution is 5.89. The van der Waals surface area contributed by atoms with E-state index in [0.29, 0.717) is 0 Å². The van der Waals surface area contributed by atoms with Gasteiger partial charge in [0.25, 0.3) is 0 Å². The molecule has 0 saturated carbocycles. The van der Waals surface area contributed by atoms with Crippen LogP contribution in [0.25, 0.3) is 22.0 Å². The van der Waals surface area contributed by atoms with E-state index in [1.165, 1.54) is 28.9 Å². The minimum atomic E-state index is -0.306. The fourth-order valence-corrected chi connectivity index (χ4v) is 3.13. The summed E-state index contributed by atoms with van der Waals surface area (Å²) in [6.07, 6.45) is 4.00. The van der Waals surface area contributed by atoms with E-state index < -0.39 is 0 Å². The van der Waals surface area contributed by atoms with Crippen molar-refractivity contribution in [2.75, 3.05) is 13.6 Å². The van der Waals surface area contributed by atoms with E-state index in [0.717, 1.165) is 36.2 Å². The summed E-state index contributed by atoms with van der Waals surface area (Å²) in [5.74, 6) is -0.306. The Morgan fingerprint density at radius 1 is 1.13 bits per heavy atom. The second-order valence-electron chi connectivity index (χ2n) is 5.72. The number of H-pyrrole nitrogens is 1. The molecule has 0 radical (unpaired) electrons. The third-order valence-electron chi connectivity index (χ3n) is 4.20. The monoisotopic (exact) mass is 311 g/mol. The summed E-state index contributed by atoms with van der Waals surface area (Å²) in [7, 11) is 2.14. The molecule has 0 unspecified atom stereocenters. The quantitative estimate of drug-likeness (QED) is 0.723. The van der Waals surface area contributed by atoms with Crippen LogP contribution in [0.3, 0.4) is 0 Å². The molecule has 0 bridgehead atoms. The minimum Gasteiger partial charge on any atom is -0.357 e. The van der Waals surface area contributed by atoms with Crippen molar-refractivity contribution in [1.29, 1.82) is 0 Å². The zero-order chi connectivity index (χ0) is 16.4. The van der Waals surface area contributed by atoms with Crippen molar-refractivity contribution < 1.29 is 4.39 Å². The number of rotatable bonds is 1. The van der Waals surface area contributed by atoms with Crippen LogP contribution in [0, 0.1) is 5.82 Å². The van der Waals surface area contributed by atoms with Crippen LogP contribution in [-0.2, 0) is 13.0 Å². The van der Waals surface area contributed by atoms with Crippen molar-refractivity contribution in [3.8, 4) is 11.1 Å². The van der Waals surface area contributed by atoms with Crippen molar-refractivity contribution in [1.82, 2.24) is 14.9 Å². The number of aromatic amines is 1. The van der Waals surface area contributed by atoms with E-state index >= 15 is 0 Å². The number of hydrogen-bond donors (Lipinski definition) is 1. The average Bonchev–Trinajstić information content (AvgIpc) is 2.93. The number of aromatic nitrogens is 2. The lowest BCUT2D eigenvalue weighted by atomic mass is 10.0. The molecule has 0 amide bonds. The molecule has 0 atom stereocenters. The fourth-order valence-electron chi connectivity index (χ4n) is 3.13. The zero-order valence-electron chi connectivity index (χ0n) is 13.9. The Bertz CT molecular complexity index is 823. The minimum absolute atomic E-state index is 0.306. The molecule has 3 aromatic rings. The predicted molar refractivity (Wildman–Crippen MR) is 92.9 cm³/mol. The Hall–Kier alpha value is -2.20. The molecule has 4 rings (SSSR count). The van der Waals surface area contributed by atoms with Crippen LogP contribution in [0.15, 0.2) is 36.7 Å². The maximum absolute atomic E-state index is 13.3. The molecule has 3 heterocycles. The normalized spacial score (nSPS) is 14.3. The van der Waals surface area contributed by atoms with Gasteiger partial charge < -0.3 is 9.88 Å². The first-order valence-corrected chi connectivity index (χ1v) is 8.13. The third kappa shape index (κ3) is 2.99. The van der Waals surface area contributed by atoms with E-state index in [9.17, 15) is 4.39 Å². The molecular formula is C19H22FN3.